The average molecular weight is 293 g/mol. The van der Waals surface area contributed by atoms with Crippen LogP contribution >= 0.6 is 0 Å². The van der Waals surface area contributed by atoms with E-state index >= 15 is 0 Å². The van der Waals surface area contributed by atoms with Crippen LogP contribution in [-0.2, 0) is 10.0 Å². The van der Waals surface area contributed by atoms with Crippen molar-refractivity contribution in [3.05, 3.63) is 0 Å². The molecule has 1 heterocycles. The molecule has 1 rings (SSSR count). The lowest BCUT2D eigenvalue weighted by Gasteiger charge is -2.34. The minimum atomic E-state index is -3.13. The number of nitrogens with zero attached hydrogens (tertiary/aromatic N) is 3. The molecule has 1 aliphatic heterocycles. The van der Waals surface area contributed by atoms with Gasteiger partial charge in [-0.1, -0.05) is 0 Å². The van der Waals surface area contributed by atoms with Crippen LogP contribution in [0, 0.1) is 0 Å². The Labute approximate surface area is 117 Å². The number of aliphatic hydroxyl groups excluding tert-OH is 1. The lowest BCUT2D eigenvalue weighted by Crippen LogP contribution is -2.50. The summed E-state index contributed by atoms with van der Waals surface area (Å²) in [5.74, 6) is 0.158. The first-order valence-electron chi connectivity index (χ1n) is 6.91. The van der Waals surface area contributed by atoms with Gasteiger partial charge in [0.05, 0.1) is 5.75 Å². The molecule has 1 aliphatic rings. The van der Waals surface area contributed by atoms with Gasteiger partial charge in [0.1, 0.15) is 0 Å². The number of hydrogen-bond acceptors (Lipinski definition) is 5. The zero-order chi connectivity index (χ0) is 14.3. The molecule has 0 saturated carbocycles. The summed E-state index contributed by atoms with van der Waals surface area (Å²) in [6, 6.07) is 0. The summed E-state index contributed by atoms with van der Waals surface area (Å²) in [4.78, 5) is 4.44. The van der Waals surface area contributed by atoms with Gasteiger partial charge in [-0.2, -0.15) is 4.31 Å². The molecule has 19 heavy (non-hydrogen) atoms. The molecular formula is C12H27N3O3S. The highest BCUT2D eigenvalue weighted by atomic mass is 32.2. The monoisotopic (exact) mass is 293 g/mol. The SMILES string of the molecule is CN(C)CCN1CCN(S(=O)(=O)CCCCO)CC1. The Balaban J connectivity index is 2.32. The van der Waals surface area contributed by atoms with Crippen molar-refractivity contribution in [2.24, 2.45) is 0 Å². The lowest BCUT2D eigenvalue weighted by molar-refractivity contribution is 0.174. The van der Waals surface area contributed by atoms with Crippen LogP contribution in [0.1, 0.15) is 12.8 Å². The van der Waals surface area contributed by atoms with Gasteiger partial charge < -0.3 is 10.0 Å². The molecule has 0 spiro atoms. The molecule has 0 unspecified atom stereocenters. The molecule has 0 amide bonds. The molecule has 0 aromatic carbocycles. The minimum absolute atomic E-state index is 0.0633. The average Bonchev–Trinajstić information content (AvgIpc) is 2.37. The first-order chi connectivity index (χ1) is 8.95. The van der Waals surface area contributed by atoms with Gasteiger partial charge in [0.2, 0.25) is 10.0 Å². The summed E-state index contributed by atoms with van der Waals surface area (Å²) in [6.07, 6.45) is 1.10. The fourth-order valence-corrected chi connectivity index (χ4v) is 3.64. The van der Waals surface area contributed by atoms with E-state index in [-0.39, 0.29) is 12.4 Å². The highest BCUT2D eigenvalue weighted by Gasteiger charge is 2.26. The summed E-state index contributed by atoms with van der Waals surface area (Å²) >= 11 is 0. The first-order valence-corrected chi connectivity index (χ1v) is 8.52. The van der Waals surface area contributed by atoms with E-state index in [9.17, 15) is 8.42 Å². The fraction of sp³-hybridized carbons (Fsp3) is 1.00. The van der Waals surface area contributed by atoms with Crippen molar-refractivity contribution in [2.45, 2.75) is 12.8 Å². The molecule has 0 aromatic heterocycles. The zero-order valence-electron chi connectivity index (χ0n) is 12.1. The quantitative estimate of drug-likeness (QED) is 0.598. The number of hydrogen-bond donors (Lipinski definition) is 1. The van der Waals surface area contributed by atoms with Crippen LogP contribution in [0.15, 0.2) is 0 Å². The molecule has 6 nitrogen and oxygen atoms in total. The molecule has 0 aliphatic carbocycles. The van der Waals surface area contributed by atoms with E-state index < -0.39 is 10.0 Å². The van der Waals surface area contributed by atoms with Gasteiger partial charge in [0, 0.05) is 45.9 Å². The smallest absolute Gasteiger partial charge is 0.214 e. The normalized spacial score (nSPS) is 19.2. The van der Waals surface area contributed by atoms with Crippen molar-refractivity contribution in [3.63, 3.8) is 0 Å². The Morgan fingerprint density at radius 1 is 1.11 bits per heavy atom. The number of piperazine rings is 1. The van der Waals surface area contributed by atoms with Crippen molar-refractivity contribution in [1.82, 2.24) is 14.1 Å². The van der Waals surface area contributed by atoms with Gasteiger partial charge in [-0.05, 0) is 26.9 Å². The largest absolute Gasteiger partial charge is 0.396 e. The van der Waals surface area contributed by atoms with Crippen molar-refractivity contribution in [1.29, 1.82) is 0 Å². The maximum Gasteiger partial charge on any atom is 0.214 e. The van der Waals surface area contributed by atoms with Crippen LogP contribution < -0.4 is 0 Å². The second-order valence-corrected chi connectivity index (χ2v) is 7.38. The Morgan fingerprint density at radius 2 is 1.74 bits per heavy atom. The number of likely N-dealkylation sites (N-methyl/N-ethyl adjacent to an activating group) is 1. The zero-order valence-corrected chi connectivity index (χ0v) is 12.9. The van der Waals surface area contributed by atoms with Gasteiger partial charge in [-0.25, -0.2) is 8.42 Å². The highest BCUT2D eigenvalue weighted by molar-refractivity contribution is 7.89. The summed E-state index contributed by atoms with van der Waals surface area (Å²) in [5.41, 5.74) is 0. The number of rotatable bonds is 8. The fourth-order valence-electron chi connectivity index (χ4n) is 2.10. The highest BCUT2D eigenvalue weighted by Crippen LogP contribution is 2.09. The van der Waals surface area contributed by atoms with Crippen LogP contribution in [0.25, 0.3) is 0 Å². The van der Waals surface area contributed by atoms with Gasteiger partial charge in [-0.3, -0.25) is 4.90 Å². The van der Waals surface area contributed by atoms with Crippen LogP contribution in [-0.4, -0.2) is 93.4 Å². The topological polar surface area (TPSA) is 64.1 Å². The van der Waals surface area contributed by atoms with Crippen LogP contribution in [0.4, 0.5) is 0 Å². The van der Waals surface area contributed by atoms with Gasteiger partial charge in [0.15, 0.2) is 0 Å². The molecule has 1 saturated heterocycles. The Bertz CT molecular complexity index is 338. The van der Waals surface area contributed by atoms with Crippen molar-refractivity contribution < 1.29 is 13.5 Å². The van der Waals surface area contributed by atoms with E-state index in [0.29, 0.717) is 25.9 Å². The van der Waals surface area contributed by atoms with E-state index in [0.717, 1.165) is 26.2 Å². The number of sulfonamides is 1. The summed E-state index contributed by atoms with van der Waals surface area (Å²) in [6.45, 7) is 4.87. The summed E-state index contributed by atoms with van der Waals surface area (Å²) < 4.78 is 25.7. The predicted octanol–water partition coefficient (Wildman–Crippen LogP) is -0.732. The molecule has 0 bridgehead atoms. The Morgan fingerprint density at radius 3 is 2.26 bits per heavy atom. The van der Waals surface area contributed by atoms with E-state index in [1.165, 1.54) is 0 Å². The van der Waals surface area contributed by atoms with E-state index in [1.54, 1.807) is 4.31 Å². The second-order valence-electron chi connectivity index (χ2n) is 5.29. The third-order valence-corrected chi connectivity index (χ3v) is 5.36. The van der Waals surface area contributed by atoms with Gasteiger partial charge in [0.25, 0.3) is 0 Å². The number of aliphatic hydroxyl groups is 1. The van der Waals surface area contributed by atoms with Gasteiger partial charge in [-0.15, -0.1) is 0 Å². The first kappa shape index (κ1) is 16.8. The predicted molar refractivity (Wildman–Crippen MR) is 76.7 cm³/mol. The molecule has 0 aromatic rings. The summed E-state index contributed by atoms with van der Waals surface area (Å²) in [7, 11) is 0.962. The molecule has 7 heteroatoms. The second kappa shape index (κ2) is 8.16. The Hall–Kier alpha value is -0.210. The van der Waals surface area contributed by atoms with E-state index in [2.05, 4.69) is 9.80 Å². The van der Waals surface area contributed by atoms with Gasteiger partial charge >= 0.3 is 0 Å². The van der Waals surface area contributed by atoms with Crippen molar-refractivity contribution >= 4 is 10.0 Å². The van der Waals surface area contributed by atoms with Crippen molar-refractivity contribution in [2.75, 3.05) is 65.7 Å². The maximum absolute atomic E-state index is 12.1. The molecule has 0 radical (unpaired) electrons. The van der Waals surface area contributed by atoms with Crippen molar-refractivity contribution in [3.8, 4) is 0 Å². The third kappa shape index (κ3) is 6.18. The van der Waals surface area contributed by atoms with Crippen LogP contribution in [0.2, 0.25) is 0 Å². The lowest BCUT2D eigenvalue weighted by atomic mass is 10.3. The molecule has 1 fully saturated rings. The number of unbranched alkanes of at least 4 members (excludes halogenated alkanes) is 1. The van der Waals surface area contributed by atoms with E-state index in [1.807, 2.05) is 14.1 Å². The molecule has 1 N–H and O–H groups in total. The summed E-state index contributed by atoms with van der Waals surface area (Å²) in [5, 5.41) is 8.69. The maximum atomic E-state index is 12.1. The third-order valence-electron chi connectivity index (χ3n) is 3.40. The molecule has 0 atom stereocenters. The van der Waals surface area contributed by atoms with E-state index in [4.69, 9.17) is 5.11 Å². The van der Waals surface area contributed by atoms with Crippen LogP contribution in [0.5, 0.6) is 0 Å². The molecule has 114 valence electrons. The Kier molecular flexibility index (Phi) is 7.23. The minimum Gasteiger partial charge on any atom is -0.396 e. The standard InChI is InChI=1S/C12H27N3O3S/c1-13(2)5-6-14-7-9-15(10-8-14)19(17,18)12-4-3-11-16/h16H,3-12H2,1-2H3. The molecular weight excluding hydrogens is 266 g/mol. The van der Waals surface area contributed by atoms with Crippen LogP contribution in [0.3, 0.4) is 0 Å².